The van der Waals surface area contributed by atoms with Crippen LogP contribution in [0, 0.1) is 0 Å². The number of oxime groups is 1. The topological polar surface area (TPSA) is 147 Å². The van der Waals surface area contributed by atoms with Crippen molar-refractivity contribution < 1.29 is 24.3 Å². The molecular formula is C14H15N5O5S3. The number of hydrogen-bond donors (Lipinski definition) is 4. The first-order valence-corrected chi connectivity index (χ1v) is 10.1. The van der Waals surface area contributed by atoms with Crippen LogP contribution in [-0.4, -0.2) is 68.5 Å². The molecule has 0 spiro atoms. The Bertz CT molecular complexity index is 867. The van der Waals surface area contributed by atoms with E-state index in [9.17, 15) is 19.5 Å². The number of aromatic nitrogens is 1. The number of anilines is 1. The van der Waals surface area contributed by atoms with Crippen molar-refractivity contribution in [2.75, 3.05) is 24.3 Å². The van der Waals surface area contributed by atoms with Gasteiger partial charge in [0.2, 0.25) is 0 Å². The van der Waals surface area contributed by atoms with Gasteiger partial charge in [0.25, 0.3) is 11.8 Å². The molecule has 1 aromatic rings. The molecule has 144 valence electrons. The largest absolute Gasteiger partial charge is 0.477 e. The highest BCUT2D eigenvalue weighted by Crippen LogP contribution is 2.40. The fourth-order valence-corrected chi connectivity index (χ4v) is 5.01. The molecule has 2 atom stereocenters. The third-order valence-electron chi connectivity index (χ3n) is 3.89. The number of nitrogens with one attached hydrogen (secondary N) is 1. The van der Waals surface area contributed by atoms with Gasteiger partial charge in [0, 0.05) is 16.9 Å². The molecule has 3 rings (SSSR count). The van der Waals surface area contributed by atoms with Gasteiger partial charge in [-0.2, -0.15) is 12.6 Å². The number of fused-ring (bicyclic) bond motifs is 1. The molecule has 0 aliphatic carbocycles. The van der Waals surface area contributed by atoms with E-state index in [2.05, 4.69) is 32.9 Å². The standard InChI is InChI=1S/C14H15N5O5S3/c1-24-18-7(6-4-27-14(15)16-6)10(20)17-8-11(21)19-9(13(22)23)5(2-25)3-26-12(8)19/h4,8,12,25H,2-3H2,1H3,(H2,15,16)(H,17,20)(H,22,23)/t8-,12-/m1/s1. The Morgan fingerprint density at radius 3 is 2.89 bits per heavy atom. The summed E-state index contributed by atoms with van der Waals surface area (Å²) in [6.45, 7) is 0. The number of aliphatic carboxylic acids is 1. The molecule has 27 heavy (non-hydrogen) atoms. The van der Waals surface area contributed by atoms with Crippen LogP contribution in [0.25, 0.3) is 0 Å². The molecule has 3 heterocycles. The molecule has 1 aromatic heterocycles. The minimum Gasteiger partial charge on any atom is -0.477 e. The van der Waals surface area contributed by atoms with Crippen LogP contribution < -0.4 is 11.1 Å². The van der Waals surface area contributed by atoms with Gasteiger partial charge < -0.3 is 21.0 Å². The zero-order valence-corrected chi connectivity index (χ0v) is 16.4. The predicted molar refractivity (Wildman–Crippen MR) is 104 cm³/mol. The SMILES string of the molecule is CON=C(C(=O)N[C@@H]1C(=O)N2C(C(=O)O)=C(CS)CS[C@H]12)c1csc(N)n1. The number of nitrogens with two attached hydrogens (primary N) is 1. The number of β-lactam (4-membered cyclic amide) rings is 1. The quantitative estimate of drug-likeness (QED) is 0.209. The first kappa shape index (κ1) is 19.5. The van der Waals surface area contributed by atoms with Crippen molar-refractivity contribution in [1.82, 2.24) is 15.2 Å². The van der Waals surface area contributed by atoms with Gasteiger partial charge in [0.1, 0.15) is 29.9 Å². The number of nitrogen functional groups attached to an aromatic ring is 1. The number of amides is 2. The van der Waals surface area contributed by atoms with Crippen LogP contribution in [0.5, 0.6) is 0 Å². The van der Waals surface area contributed by atoms with E-state index in [0.717, 1.165) is 11.3 Å². The molecule has 1 saturated heterocycles. The van der Waals surface area contributed by atoms with Gasteiger partial charge in [-0.25, -0.2) is 9.78 Å². The molecule has 0 radical (unpaired) electrons. The van der Waals surface area contributed by atoms with Crippen LogP contribution in [0.1, 0.15) is 5.69 Å². The van der Waals surface area contributed by atoms with E-state index >= 15 is 0 Å². The molecule has 4 N–H and O–H groups in total. The number of thioether (sulfide) groups is 1. The van der Waals surface area contributed by atoms with Crippen LogP contribution in [0.15, 0.2) is 21.8 Å². The van der Waals surface area contributed by atoms with E-state index < -0.39 is 29.2 Å². The van der Waals surface area contributed by atoms with E-state index in [1.807, 2.05) is 0 Å². The fraction of sp³-hybridized carbons (Fsp3) is 0.357. The van der Waals surface area contributed by atoms with Crippen LogP contribution >= 0.6 is 35.7 Å². The normalized spacial score (nSPS) is 22.2. The molecule has 2 aliphatic rings. The van der Waals surface area contributed by atoms with Crippen LogP contribution in [0.2, 0.25) is 0 Å². The monoisotopic (exact) mass is 429 g/mol. The lowest BCUT2D eigenvalue weighted by atomic mass is 10.0. The number of thiol groups is 1. The number of carboxylic acid groups (broad SMARTS) is 1. The van der Waals surface area contributed by atoms with Crippen molar-refractivity contribution in [3.63, 3.8) is 0 Å². The van der Waals surface area contributed by atoms with Crippen LogP contribution in [0.3, 0.4) is 0 Å². The lowest BCUT2D eigenvalue weighted by molar-refractivity contribution is -0.150. The van der Waals surface area contributed by atoms with Crippen molar-refractivity contribution in [3.8, 4) is 0 Å². The molecule has 2 amide bonds. The van der Waals surface area contributed by atoms with E-state index in [4.69, 9.17) is 5.73 Å². The molecule has 0 saturated carbocycles. The molecule has 0 bridgehead atoms. The van der Waals surface area contributed by atoms with Gasteiger partial charge in [0.15, 0.2) is 10.8 Å². The van der Waals surface area contributed by atoms with Gasteiger partial charge in [-0.1, -0.05) is 5.16 Å². The zero-order valence-electron chi connectivity index (χ0n) is 13.9. The van der Waals surface area contributed by atoms with Crippen molar-refractivity contribution in [2.24, 2.45) is 5.16 Å². The summed E-state index contributed by atoms with van der Waals surface area (Å²) >= 11 is 6.62. The molecule has 1 fully saturated rings. The van der Waals surface area contributed by atoms with Gasteiger partial charge in [-0.05, 0) is 5.57 Å². The number of rotatable bonds is 6. The maximum Gasteiger partial charge on any atom is 0.352 e. The molecule has 0 aromatic carbocycles. The van der Waals surface area contributed by atoms with Gasteiger partial charge in [0.05, 0.1) is 0 Å². The average molecular weight is 430 g/mol. The maximum atomic E-state index is 12.6. The number of carboxylic acids is 1. The van der Waals surface area contributed by atoms with Gasteiger partial charge in [-0.15, -0.1) is 23.1 Å². The number of carbonyl (C=O) groups excluding carboxylic acids is 2. The number of nitrogens with zero attached hydrogens (tertiary/aromatic N) is 3. The summed E-state index contributed by atoms with van der Waals surface area (Å²) in [6.07, 6.45) is 0. The Hall–Kier alpha value is -2.25. The van der Waals surface area contributed by atoms with Crippen molar-refractivity contribution in [1.29, 1.82) is 0 Å². The minimum absolute atomic E-state index is 0.0673. The molecule has 0 unspecified atom stereocenters. The second-order valence-electron chi connectivity index (χ2n) is 5.47. The third-order valence-corrected chi connectivity index (χ3v) is 6.28. The Labute approximate surface area is 167 Å². The highest BCUT2D eigenvalue weighted by molar-refractivity contribution is 8.00. The summed E-state index contributed by atoms with van der Waals surface area (Å²) in [5.74, 6) is -1.72. The molecule has 10 nitrogen and oxygen atoms in total. The highest BCUT2D eigenvalue weighted by atomic mass is 32.2. The van der Waals surface area contributed by atoms with E-state index in [0.29, 0.717) is 11.3 Å². The number of hydrogen-bond acceptors (Lipinski definition) is 10. The van der Waals surface area contributed by atoms with Crippen LogP contribution in [0.4, 0.5) is 5.13 Å². The summed E-state index contributed by atoms with van der Waals surface area (Å²) in [4.78, 5) is 46.5. The van der Waals surface area contributed by atoms with Crippen molar-refractivity contribution in [2.45, 2.75) is 11.4 Å². The second kappa shape index (κ2) is 7.78. The van der Waals surface area contributed by atoms with Gasteiger partial charge in [-0.3, -0.25) is 14.5 Å². The van der Waals surface area contributed by atoms with E-state index in [1.54, 1.807) is 5.38 Å². The minimum atomic E-state index is -1.19. The zero-order chi connectivity index (χ0) is 19.7. The summed E-state index contributed by atoms with van der Waals surface area (Å²) < 4.78 is 0. The van der Waals surface area contributed by atoms with Crippen molar-refractivity contribution in [3.05, 3.63) is 22.3 Å². The number of carbonyl (C=O) groups is 3. The lowest BCUT2D eigenvalue weighted by Gasteiger charge is -2.49. The lowest BCUT2D eigenvalue weighted by Crippen LogP contribution is -2.71. The number of thiazole rings is 1. The fourth-order valence-electron chi connectivity index (χ4n) is 2.71. The van der Waals surface area contributed by atoms with E-state index in [1.165, 1.54) is 23.8 Å². The summed E-state index contributed by atoms with van der Waals surface area (Å²) in [5.41, 5.74) is 6.17. The molecule has 13 heteroatoms. The van der Waals surface area contributed by atoms with E-state index in [-0.39, 0.29) is 28.0 Å². The first-order valence-electron chi connectivity index (χ1n) is 7.53. The predicted octanol–water partition coefficient (Wildman–Crippen LogP) is -0.256. The average Bonchev–Trinajstić information content (AvgIpc) is 3.08. The molecule has 2 aliphatic heterocycles. The summed E-state index contributed by atoms with van der Waals surface area (Å²) in [7, 11) is 1.28. The molecular weight excluding hydrogens is 414 g/mol. The van der Waals surface area contributed by atoms with Gasteiger partial charge >= 0.3 is 5.97 Å². The van der Waals surface area contributed by atoms with Crippen LogP contribution in [-0.2, 0) is 19.2 Å². The second-order valence-corrected chi connectivity index (χ2v) is 7.78. The first-order chi connectivity index (χ1) is 12.9. The smallest absolute Gasteiger partial charge is 0.352 e. The van der Waals surface area contributed by atoms with Crippen molar-refractivity contribution >= 4 is 64.4 Å². The maximum absolute atomic E-state index is 12.6. The Morgan fingerprint density at radius 2 is 2.33 bits per heavy atom. The highest BCUT2D eigenvalue weighted by Gasteiger charge is 2.54. The summed E-state index contributed by atoms with van der Waals surface area (Å²) in [6, 6.07) is -0.878. The Morgan fingerprint density at radius 1 is 1.59 bits per heavy atom. The Balaban J connectivity index is 1.79. The summed E-state index contributed by atoms with van der Waals surface area (Å²) in [5, 5.41) is 16.9. The third kappa shape index (κ3) is 3.49. The Kier molecular flexibility index (Phi) is 5.62.